The molecule has 1 aromatic carbocycles. The van der Waals surface area contributed by atoms with Crippen molar-refractivity contribution in [2.24, 2.45) is 0 Å². The van der Waals surface area contributed by atoms with Crippen molar-refractivity contribution in [3.8, 4) is 6.07 Å². The Kier molecular flexibility index (Phi) is 4.04. The van der Waals surface area contributed by atoms with Crippen molar-refractivity contribution in [3.63, 3.8) is 0 Å². The Bertz CT molecular complexity index is 884. The Labute approximate surface area is 143 Å². The van der Waals surface area contributed by atoms with Gasteiger partial charge in [0.2, 0.25) is 0 Å². The minimum absolute atomic E-state index is 0.235. The molecule has 25 heavy (non-hydrogen) atoms. The molecule has 2 atom stereocenters. The lowest BCUT2D eigenvalue weighted by Crippen LogP contribution is -2.24. The fraction of sp³-hybridized carbons (Fsp3) is 0.278. The van der Waals surface area contributed by atoms with Gasteiger partial charge in [0, 0.05) is 6.54 Å². The summed E-state index contributed by atoms with van der Waals surface area (Å²) in [5.74, 6) is 0.687. The summed E-state index contributed by atoms with van der Waals surface area (Å²) in [5.41, 5.74) is 2.94. The molecule has 0 aliphatic carbocycles. The van der Waals surface area contributed by atoms with Crippen LogP contribution >= 0.6 is 0 Å². The molecule has 2 aromatic heterocycles. The lowest BCUT2D eigenvalue weighted by molar-refractivity contribution is 0.0115. The third-order valence-corrected chi connectivity index (χ3v) is 4.30. The first-order valence-corrected chi connectivity index (χ1v) is 8.03. The number of rotatable bonds is 4. The van der Waals surface area contributed by atoms with Gasteiger partial charge in [-0.05, 0) is 24.3 Å². The lowest BCUT2D eigenvalue weighted by Gasteiger charge is -2.17. The molecule has 4 rings (SSSR count). The van der Waals surface area contributed by atoms with E-state index in [1.165, 1.54) is 0 Å². The van der Waals surface area contributed by atoms with Crippen LogP contribution in [0.3, 0.4) is 0 Å². The Hall–Kier alpha value is -2.98. The number of aromatic nitrogens is 3. The van der Waals surface area contributed by atoms with Crippen LogP contribution in [0.2, 0.25) is 0 Å². The summed E-state index contributed by atoms with van der Waals surface area (Å²) in [4.78, 5) is 13.5. The SMILES string of the molecule is N#Cc1ccc(N2C[C@@H](F)[C@@H](OCc3nc4ccccc4[nH]3)C2)cn1. The zero-order chi connectivity index (χ0) is 17.2. The monoisotopic (exact) mass is 337 g/mol. The van der Waals surface area contributed by atoms with Crippen LogP contribution in [0.1, 0.15) is 11.5 Å². The van der Waals surface area contributed by atoms with E-state index in [4.69, 9.17) is 10.00 Å². The summed E-state index contributed by atoms with van der Waals surface area (Å²) in [6, 6.07) is 13.1. The first-order valence-electron chi connectivity index (χ1n) is 8.03. The molecule has 7 heteroatoms. The normalized spacial score (nSPS) is 20.1. The number of nitrogens with one attached hydrogen (secondary N) is 1. The van der Waals surface area contributed by atoms with Crippen molar-refractivity contribution in [2.75, 3.05) is 18.0 Å². The largest absolute Gasteiger partial charge is 0.365 e. The topological polar surface area (TPSA) is 77.8 Å². The molecule has 3 heterocycles. The smallest absolute Gasteiger partial charge is 0.145 e. The second-order valence-electron chi connectivity index (χ2n) is 5.98. The second-order valence-corrected chi connectivity index (χ2v) is 5.98. The maximum absolute atomic E-state index is 14.3. The number of anilines is 1. The summed E-state index contributed by atoms with van der Waals surface area (Å²) < 4.78 is 20.1. The van der Waals surface area contributed by atoms with Crippen LogP contribution in [0.25, 0.3) is 11.0 Å². The van der Waals surface area contributed by atoms with E-state index in [0.717, 1.165) is 16.7 Å². The minimum Gasteiger partial charge on any atom is -0.365 e. The van der Waals surface area contributed by atoms with Gasteiger partial charge in [0.05, 0.1) is 29.5 Å². The van der Waals surface area contributed by atoms with Gasteiger partial charge in [-0.1, -0.05) is 12.1 Å². The van der Waals surface area contributed by atoms with Crippen LogP contribution in [-0.4, -0.2) is 40.3 Å². The molecule has 6 nitrogen and oxygen atoms in total. The number of fused-ring (bicyclic) bond motifs is 1. The fourth-order valence-electron chi connectivity index (χ4n) is 3.00. The van der Waals surface area contributed by atoms with Gasteiger partial charge in [-0.3, -0.25) is 0 Å². The number of H-pyrrole nitrogens is 1. The second kappa shape index (κ2) is 6.49. The molecule has 0 amide bonds. The number of benzene rings is 1. The first-order chi connectivity index (χ1) is 12.2. The molecule has 126 valence electrons. The van der Waals surface area contributed by atoms with E-state index in [-0.39, 0.29) is 13.2 Å². The average molecular weight is 337 g/mol. The van der Waals surface area contributed by atoms with Gasteiger partial charge in [0.1, 0.15) is 36.5 Å². The van der Waals surface area contributed by atoms with Gasteiger partial charge in [0.15, 0.2) is 0 Å². The number of para-hydroxylation sites is 2. The fourth-order valence-corrected chi connectivity index (χ4v) is 3.00. The molecule has 3 aromatic rings. The molecule has 0 saturated carbocycles. The van der Waals surface area contributed by atoms with Crippen molar-refractivity contribution >= 4 is 16.7 Å². The molecule has 1 saturated heterocycles. The molecular weight excluding hydrogens is 321 g/mol. The van der Waals surface area contributed by atoms with Crippen molar-refractivity contribution in [1.29, 1.82) is 5.26 Å². The molecule has 0 spiro atoms. The lowest BCUT2D eigenvalue weighted by atomic mass is 10.3. The molecular formula is C18H16FN5O. The van der Waals surface area contributed by atoms with Crippen molar-refractivity contribution in [1.82, 2.24) is 15.0 Å². The van der Waals surface area contributed by atoms with E-state index in [1.54, 1.807) is 18.3 Å². The molecule has 0 unspecified atom stereocenters. The number of hydrogen-bond donors (Lipinski definition) is 1. The zero-order valence-corrected chi connectivity index (χ0v) is 13.4. The number of halogens is 1. The minimum atomic E-state index is -1.08. The van der Waals surface area contributed by atoms with Crippen molar-refractivity contribution < 1.29 is 9.13 Å². The molecule has 0 bridgehead atoms. The Morgan fingerprint density at radius 3 is 2.92 bits per heavy atom. The maximum atomic E-state index is 14.3. The third kappa shape index (κ3) is 3.16. The number of aromatic amines is 1. The Morgan fingerprint density at radius 2 is 2.16 bits per heavy atom. The van der Waals surface area contributed by atoms with Gasteiger partial charge in [-0.15, -0.1) is 0 Å². The van der Waals surface area contributed by atoms with Crippen LogP contribution in [0.15, 0.2) is 42.6 Å². The summed E-state index contributed by atoms with van der Waals surface area (Å²) in [5, 5.41) is 8.79. The molecule has 0 radical (unpaired) electrons. The molecule has 1 N–H and O–H groups in total. The quantitative estimate of drug-likeness (QED) is 0.792. The van der Waals surface area contributed by atoms with Crippen molar-refractivity contribution in [3.05, 3.63) is 54.1 Å². The molecule has 1 fully saturated rings. The van der Waals surface area contributed by atoms with Gasteiger partial charge < -0.3 is 14.6 Å². The van der Waals surface area contributed by atoms with Crippen LogP contribution in [0.4, 0.5) is 10.1 Å². The highest BCUT2D eigenvalue weighted by atomic mass is 19.1. The van der Waals surface area contributed by atoms with Gasteiger partial charge in [-0.2, -0.15) is 5.26 Å². The van der Waals surface area contributed by atoms with E-state index in [2.05, 4.69) is 15.0 Å². The van der Waals surface area contributed by atoms with Gasteiger partial charge in [0.25, 0.3) is 0 Å². The number of ether oxygens (including phenoxy) is 1. The van der Waals surface area contributed by atoms with Crippen LogP contribution in [0, 0.1) is 11.3 Å². The highest BCUT2D eigenvalue weighted by molar-refractivity contribution is 5.74. The summed E-state index contributed by atoms with van der Waals surface area (Å²) in [7, 11) is 0. The predicted octanol–water partition coefficient (Wildman–Crippen LogP) is 2.57. The average Bonchev–Trinajstić information content (AvgIpc) is 3.23. The highest BCUT2D eigenvalue weighted by Gasteiger charge is 2.34. The number of hydrogen-bond acceptors (Lipinski definition) is 5. The number of alkyl halides is 1. The summed E-state index contributed by atoms with van der Waals surface area (Å²) in [6.45, 7) is 0.923. The van der Waals surface area contributed by atoms with Gasteiger partial charge in [-0.25, -0.2) is 14.4 Å². The number of nitrogens with zero attached hydrogens (tertiary/aromatic N) is 4. The van der Waals surface area contributed by atoms with Crippen LogP contribution in [-0.2, 0) is 11.3 Å². The Morgan fingerprint density at radius 1 is 1.28 bits per heavy atom. The van der Waals surface area contributed by atoms with Crippen molar-refractivity contribution in [2.45, 2.75) is 18.9 Å². The summed E-state index contributed by atoms with van der Waals surface area (Å²) >= 11 is 0. The van der Waals surface area contributed by atoms with E-state index >= 15 is 0 Å². The van der Waals surface area contributed by atoms with E-state index in [1.807, 2.05) is 35.2 Å². The maximum Gasteiger partial charge on any atom is 0.145 e. The van der Waals surface area contributed by atoms with E-state index in [9.17, 15) is 4.39 Å². The summed E-state index contributed by atoms with van der Waals surface area (Å²) in [6.07, 6.45) is -0.0173. The van der Waals surface area contributed by atoms with E-state index < -0.39 is 12.3 Å². The van der Waals surface area contributed by atoms with Gasteiger partial charge >= 0.3 is 0 Å². The van der Waals surface area contributed by atoms with Crippen LogP contribution in [0.5, 0.6) is 0 Å². The number of pyridine rings is 1. The highest BCUT2D eigenvalue weighted by Crippen LogP contribution is 2.24. The Balaban J connectivity index is 1.40. The third-order valence-electron chi connectivity index (χ3n) is 4.30. The molecule has 1 aliphatic rings. The predicted molar refractivity (Wildman–Crippen MR) is 90.7 cm³/mol. The van der Waals surface area contributed by atoms with E-state index in [0.29, 0.717) is 18.1 Å². The first kappa shape index (κ1) is 15.5. The van der Waals surface area contributed by atoms with Crippen LogP contribution < -0.4 is 4.90 Å². The number of imidazole rings is 1. The zero-order valence-electron chi connectivity index (χ0n) is 13.4. The molecule has 1 aliphatic heterocycles. The standard InChI is InChI=1S/C18H16FN5O/c19-14-9-24(13-6-5-12(7-20)21-8-13)10-17(14)25-11-18-22-15-3-1-2-4-16(15)23-18/h1-6,8,14,17H,9-11H2,(H,22,23)/t14-,17+/m1/s1. The number of nitriles is 1.